The lowest BCUT2D eigenvalue weighted by molar-refractivity contribution is -0.136. The molecule has 0 aromatic heterocycles. The maximum absolute atomic E-state index is 12.7. The first-order chi connectivity index (χ1) is 13.9. The molecule has 2 amide bonds. The summed E-state index contributed by atoms with van der Waals surface area (Å²) in [5, 5.41) is 3.15. The molecule has 1 heterocycles. The van der Waals surface area contributed by atoms with Crippen molar-refractivity contribution in [2.24, 2.45) is 5.92 Å². The first-order valence-corrected chi connectivity index (χ1v) is 11.9. The average Bonchev–Trinajstić information content (AvgIpc) is 2.75. The van der Waals surface area contributed by atoms with Gasteiger partial charge in [-0.15, -0.1) is 0 Å². The first-order valence-electron chi connectivity index (χ1n) is 10.5. The van der Waals surface area contributed by atoms with Crippen LogP contribution < -0.4 is 5.32 Å². The number of rotatable bonds is 6. The average molecular weight is 422 g/mol. The van der Waals surface area contributed by atoms with E-state index in [4.69, 9.17) is 0 Å². The summed E-state index contributed by atoms with van der Waals surface area (Å²) < 4.78 is 26.4. The molecule has 1 atom stereocenters. The fourth-order valence-electron chi connectivity index (χ4n) is 4.13. The topological polar surface area (TPSA) is 86.8 Å². The summed E-state index contributed by atoms with van der Waals surface area (Å²) in [4.78, 5) is 27.2. The molecule has 1 unspecified atom stereocenters. The van der Waals surface area contributed by atoms with Crippen LogP contribution in [0, 0.1) is 5.92 Å². The van der Waals surface area contributed by atoms with Crippen LogP contribution in [0.2, 0.25) is 0 Å². The first kappa shape index (κ1) is 21.8. The minimum absolute atomic E-state index is 0.0275. The molecule has 0 radical (unpaired) electrons. The molecule has 1 aromatic rings. The van der Waals surface area contributed by atoms with E-state index in [-0.39, 0.29) is 35.2 Å². The van der Waals surface area contributed by atoms with Gasteiger partial charge >= 0.3 is 0 Å². The van der Waals surface area contributed by atoms with E-state index in [0.29, 0.717) is 13.1 Å². The molecule has 2 aliphatic rings. The minimum atomic E-state index is -3.72. The van der Waals surface area contributed by atoms with Crippen molar-refractivity contribution in [3.8, 4) is 0 Å². The fraction of sp³-hybridized carbons (Fsp3) is 0.619. The van der Waals surface area contributed by atoms with Crippen LogP contribution in [0.3, 0.4) is 0 Å². The molecule has 1 aliphatic heterocycles. The Kier molecular flexibility index (Phi) is 7.29. The molecule has 7 nitrogen and oxygen atoms in total. The molecule has 0 spiro atoms. The van der Waals surface area contributed by atoms with Gasteiger partial charge in [-0.2, -0.15) is 4.31 Å². The number of likely N-dealkylation sites (N-methyl/N-ethyl adjacent to an activating group) is 1. The molecule has 0 bridgehead atoms. The summed E-state index contributed by atoms with van der Waals surface area (Å²) in [5.41, 5.74) is 0. The smallest absolute Gasteiger partial charge is 0.243 e. The predicted octanol–water partition coefficient (Wildman–Crippen LogP) is 1.99. The third kappa shape index (κ3) is 5.57. The highest BCUT2D eigenvalue weighted by molar-refractivity contribution is 7.89. The fourth-order valence-corrected chi connectivity index (χ4v) is 5.27. The molecule has 1 aliphatic carbocycles. The molecule has 1 saturated heterocycles. The van der Waals surface area contributed by atoms with Crippen LogP contribution in [0.4, 0.5) is 0 Å². The molecule has 1 saturated carbocycles. The number of piperidine rings is 1. The summed E-state index contributed by atoms with van der Waals surface area (Å²) in [6.45, 7) is 0.691. The van der Waals surface area contributed by atoms with Crippen molar-refractivity contribution >= 4 is 21.8 Å². The van der Waals surface area contributed by atoms with Gasteiger partial charge in [0.1, 0.15) is 0 Å². The van der Waals surface area contributed by atoms with E-state index in [1.165, 1.54) is 25.6 Å². The Bertz CT molecular complexity index is 806. The summed E-state index contributed by atoms with van der Waals surface area (Å²) in [6, 6.07) is 8.34. The third-order valence-corrected chi connectivity index (χ3v) is 7.72. The molecular formula is C21H31N3O4S. The summed E-state index contributed by atoms with van der Waals surface area (Å²) in [7, 11) is -2.30. The Morgan fingerprint density at radius 3 is 2.45 bits per heavy atom. The Labute approximate surface area is 173 Å². The number of nitrogens with zero attached hydrogens (tertiary/aromatic N) is 2. The van der Waals surface area contributed by atoms with Gasteiger partial charge in [0, 0.05) is 26.2 Å². The largest absolute Gasteiger partial charge is 0.353 e. The number of carbonyl (C=O) groups excluding carboxylic acids is 2. The highest BCUT2D eigenvalue weighted by Crippen LogP contribution is 2.21. The van der Waals surface area contributed by atoms with Crippen molar-refractivity contribution in [2.75, 3.05) is 26.7 Å². The van der Waals surface area contributed by atoms with Gasteiger partial charge in [0.15, 0.2) is 0 Å². The number of carbonyl (C=O) groups is 2. The zero-order chi connectivity index (χ0) is 20.9. The predicted molar refractivity (Wildman–Crippen MR) is 111 cm³/mol. The van der Waals surface area contributed by atoms with E-state index in [9.17, 15) is 18.0 Å². The van der Waals surface area contributed by atoms with Crippen LogP contribution in [0.5, 0.6) is 0 Å². The second-order valence-corrected chi connectivity index (χ2v) is 10.1. The summed E-state index contributed by atoms with van der Waals surface area (Å²) >= 11 is 0. The van der Waals surface area contributed by atoms with Crippen LogP contribution in [0.25, 0.3) is 0 Å². The Hall–Kier alpha value is -1.93. The number of benzene rings is 1. The maximum atomic E-state index is 12.7. The molecule has 160 valence electrons. The van der Waals surface area contributed by atoms with Crippen molar-refractivity contribution in [3.05, 3.63) is 30.3 Å². The maximum Gasteiger partial charge on any atom is 0.243 e. The SMILES string of the molecule is CN(CC(=O)N1CCCC(C(=O)NC2CCCCC2)C1)S(=O)(=O)c1ccccc1. The van der Waals surface area contributed by atoms with Crippen molar-refractivity contribution in [1.29, 1.82) is 0 Å². The van der Waals surface area contributed by atoms with Gasteiger partial charge in [0.2, 0.25) is 21.8 Å². The van der Waals surface area contributed by atoms with E-state index in [1.54, 1.807) is 23.1 Å². The molecule has 2 fully saturated rings. The summed E-state index contributed by atoms with van der Waals surface area (Å²) in [5.74, 6) is -0.451. The lowest BCUT2D eigenvalue weighted by Crippen LogP contribution is -2.50. The van der Waals surface area contributed by atoms with Crippen LogP contribution in [0.15, 0.2) is 35.2 Å². The van der Waals surface area contributed by atoms with Gasteiger partial charge < -0.3 is 10.2 Å². The van der Waals surface area contributed by atoms with Crippen LogP contribution in [-0.4, -0.2) is 62.2 Å². The standard InChI is InChI=1S/C21H31N3O4S/c1-23(29(27,28)19-12-6-3-7-13-19)16-20(25)24-14-8-9-17(15-24)21(26)22-18-10-4-2-5-11-18/h3,6-7,12-13,17-18H,2,4-5,8-11,14-16H2,1H3,(H,22,26). The number of likely N-dealkylation sites (tertiary alicyclic amines) is 1. The Morgan fingerprint density at radius 2 is 1.76 bits per heavy atom. The van der Waals surface area contributed by atoms with Crippen LogP contribution in [-0.2, 0) is 19.6 Å². The highest BCUT2D eigenvalue weighted by atomic mass is 32.2. The monoisotopic (exact) mass is 421 g/mol. The molecule has 3 rings (SSSR count). The van der Waals surface area contributed by atoms with Crippen LogP contribution in [0.1, 0.15) is 44.9 Å². The number of nitrogens with one attached hydrogen (secondary N) is 1. The Morgan fingerprint density at radius 1 is 1.07 bits per heavy atom. The van der Waals surface area contributed by atoms with Gasteiger partial charge in [-0.3, -0.25) is 9.59 Å². The van der Waals surface area contributed by atoms with Gasteiger partial charge in [0.25, 0.3) is 0 Å². The normalized spacial score (nSPS) is 21.2. The van der Waals surface area contributed by atoms with E-state index in [1.807, 2.05) is 0 Å². The number of sulfonamides is 1. The van der Waals surface area contributed by atoms with Crippen molar-refractivity contribution < 1.29 is 18.0 Å². The molecule has 1 aromatic carbocycles. The van der Waals surface area contributed by atoms with E-state index >= 15 is 0 Å². The Balaban J connectivity index is 1.55. The zero-order valence-corrected chi connectivity index (χ0v) is 17.9. The number of amides is 2. The third-order valence-electron chi connectivity index (χ3n) is 5.91. The van der Waals surface area contributed by atoms with Crippen molar-refractivity contribution in [3.63, 3.8) is 0 Å². The second-order valence-electron chi connectivity index (χ2n) is 8.10. The van der Waals surface area contributed by atoms with E-state index in [2.05, 4.69) is 5.32 Å². The second kappa shape index (κ2) is 9.71. The molecule has 8 heteroatoms. The number of hydrogen-bond acceptors (Lipinski definition) is 4. The van der Waals surface area contributed by atoms with Gasteiger partial charge in [0.05, 0.1) is 17.4 Å². The van der Waals surface area contributed by atoms with Crippen molar-refractivity contribution in [2.45, 2.75) is 55.9 Å². The minimum Gasteiger partial charge on any atom is -0.353 e. The molecular weight excluding hydrogens is 390 g/mol. The van der Waals surface area contributed by atoms with Gasteiger partial charge in [-0.1, -0.05) is 37.5 Å². The number of hydrogen-bond donors (Lipinski definition) is 1. The van der Waals surface area contributed by atoms with Gasteiger partial charge in [-0.25, -0.2) is 8.42 Å². The van der Waals surface area contributed by atoms with E-state index < -0.39 is 10.0 Å². The van der Waals surface area contributed by atoms with E-state index in [0.717, 1.165) is 42.8 Å². The van der Waals surface area contributed by atoms with Crippen molar-refractivity contribution in [1.82, 2.24) is 14.5 Å². The molecule has 29 heavy (non-hydrogen) atoms. The molecule has 1 N–H and O–H groups in total. The lowest BCUT2D eigenvalue weighted by atomic mass is 9.93. The zero-order valence-electron chi connectivity index (χ0n) is 17.0. The highest BCUT2D eigenvalue weighted by Gasteiger charge is 2.31. The van der Waals surface area contributed by atoms with Gasteiger partial charge in [-0.05, 0) is 37.8 Å². The quantitative estimate of drug-likeness (QED) is 0.761. The lowest BCUT2D eigenvalue weighted by Gasteiger charge is -2.34. The van der Waals surface area contributed by atoms with Crippen LogP contribution >= 0.6 is 0 Å². The summed E-state index contributed by atoms with van der Waals surface area (Å²) in [6.07, 6.45) is 7.12.